The maximum absolute atomic E-state index is 11.7. The third kappa shape index (κ3) is 4.03. The molecular weight excluding hydrogens is 236 g/mol. The molecule has 0 aromatic heterocycles. The summed E-state index contributed by atoms with van der Waals surface area (Å²) in [5.41, 5.74) is 6.32. The van der Waals surface area contributed by atoms with Crippen LogP contribution in [0.5, 0.6) is 5.75 Å². The molecule has 0 fully saturated rings. The van der Waals surface area contributed by atoms with Crippen LogP contribution in [0.2, 0.25) is 0 Å². The van der Waals surface area contributed by atoms with Crippen molar-refractivity contribution in [2.24, 2.45) is 5.73 Å². The minimum atomic E-state index is -0.283. The first-order valence-corrected chi connectivity index (χ1v) is 5.78. The molecule has 1 rings (SSSR count). The molecule has 0 aliphatic rings. The van der Waals surface area contributed by atoms with Crippen molar-refractivity contribution in [1.82, 2.24) is 5.32 Å². The number of aryl methyl sites for hydroxylation is 1. The van der Waals surface area contributed by atoms with Gasteiger partial charge in [-0.1, -0.05) is 24.4 Å². The number of hydrogen-bond donors (Lipinski definition) is 3. The van der Waals surface area contributed by atoms with E-state index in [1.54, 1.807) is 25.1 Å². The van der Waals surface area contributed by atoms with Crippen molar-refractivity contribution in [3.05, 3.63) is 29.3 Å². The number of nitrogens with one attached hydrogen (secondary N) is 1. The molecule has 1 aromatic rings. The largest absolute Gasteiger partial charge is 0.507 e. The number of phenolic OH excluding ortho intramolecular Hbond substituents is 1. The first kappa shape index (κ1) is 13.4. The van der Waals surface area contributed by atoms with Crippen LogP contribution >= 0.6 is 12.2 Å². The number of phenols is 1. The Bertz CT molecular complexity index is 433. The molecule has 1 amide bonds. The number of rotatable bonds is 5. The normalized spacial score (nSPS) is 9.94. The van der Waals surface area contributed by atoms with Crippen molar-refractivity contribution < 1.29 is 9.90 Å². The van der Waals surface area contributed by atoms with Crippen LogP contribution in [0.25, 0.3) is 0 Å². The second-order valence-corrected chi connectivity index (χ2v) is 4.32. The molecule has 0 radical (unpaired) electrons. The molecule has 4 N–H and O–H groups in total. The van der Waals surface area contributed by atoms with E-state index in [2.05, 4.69) is 5.32 Å². The van der Waals surface area contributed by atoms with Crippen molar-refractivity contribution in [2.75, 3.05) is 6.54 Å². The van der Waals surface area contributed by atoms with Crippen LogP contribution in [0.1, 0.15) is 28.8 Å². The monoisotopic (exact) mass is 252 g/mol. The average molecular weight is 252 g/mol. The van der Waals surface area contributed by atoms with Gasteiger partial charge >= 0.3 is 0 Å². The van der Waals surface area contributed by atoms with Gasteiger partial charge in [-0.15, -0.1) is 0 Å². The van der Waals surface area contributed by atoms with E-state index < -0.39 is 0 Å². The van der Waals surface area contributed by atoms with Crippen LogP contribution in [-0.2, 0) is 0 Å². The third-order valence-corrected chi connectivity index (χ3v) is 2.57. The summed E-state index contributed by atoms with van der Waals surface area (Å²) in [7, 11) is 0. The standard InChI is InChI=1S/C12H16N2O2S/c1-8-4-2-5-9(11(8)15)12(16)14-7-3-6-10(13)17/h2,4-5,15H,3,6-7H2,1H3,(H2,13,17)(H,14,16). The molecular formula is C12H16N2O2S. The minimum absolute atomic E-state index is 0.0272. The van der Waals surface area contributed by atoms with E-state index in [1.165, 1.54) is 0 Å². The van der Waals surface area contributed by atoms with Crippen molar-refractivity contribution in [3.63, 3.8) is 0 Å². The predicted molar refractivity (Wildman–Crippen MR) is 71.2 cm³/mol. The van der Waals surface area contributed by atoms with E-state index in [0.29, 0.717) is 35.5 Å². The fourth-order valence-corrected chi connectivity index (χ4v) is 1.55. The Kier molecular flexibility index (Phi) is 4.90. The summed E-state index contributed by atoms with van der Waals surface area (Å²) in [5, 5.41) is 12.4. The van der Waals surface area contributed by atoms with Gasteiger partial charge in [-0.2, -0.15) is 0 Å². The maximum atomic E-state index is 11.7. The molecule has 0 unspecified atom stereocenters. The van der Waals surface area contributed by atoms with Gasteiger partial charge in [0.25, 0.3) is 5.91 Å². The lowest BCUT2D eigenvalue weighted by Gasteiger charge is -2.08. The number of benzene rings is 1. The van der Waals surface area contributed by atoms with Gasteiger partial charge < -0.3 is 16.2 Å². The van der Waals surface area contributed by atoms with Crippen LogP contribution < -0.4 is 11.1 Å². The van der Waals surface area contributed by atoms with E-state index in [1.807, 2.05) is 0 Å². The van der Waals surface area contributed by atoms with Gasteiger partial charge in [-0.3, -0.25) is 4.79 Å². The molecule has 17 heavy (non-hydrogen) atoms. The van der Waals surface area contributed by atoms with Gasteiger partial charge in [0.2, 0.25) is 0 Å². The summed E-state index contributed by atoms with van der Waals surface area (Å²) in [4.78, 5) is 12.2. The number of carbonyl (C=O) groups is 1. The Labute approximate surface area is 106 Å². The van der Waals surface area contributed by atoms with Gasteiger partial charge in [-0.25, -0.2) is 0 Å². The van der Waals surface area contributed by atoms with Crippen molar-refractivity contribution >= 4 is 23.1 Å². The Morgan fingerprint density at radius 2 is 2.24 bits per heavy atom. The van der Waals surface area contributed by atoms with Crippen LogP contribution in [-0.4, -0.2) is 22.5 Å². The molecule has 0 heterocycles. The van der Waals surface area contributed by atoms with Gasteiger partial charge in [0.05, 0.1) is 10.6 Å². The molecule has 0 aliphatic carbocycles. The predicted octanol–water partition coefficient (Wildman–Crippen LogP) is 1.50. The second-order valence-electron chi connectivity index (χ2n) is 3.80. The average Bonchev–Trinajstić information content (AvgIpc) is 2.27. The topological polar surface area (TPSA) is 75.4 Å². The highest BCUT2D eigenvalue weighted by Gasteiger charge is 2.11. The lowest BCUT2D eigenvalue weighted by Crippen LogP contribution is -2.25. The number of nitrogens with two attached hydrogens (primary N) is 1. The van der Waals surface area contributed by atoms with E-state index in [0.717, 1.165) is 0 Å². The lowest BCUT2D eigenvalue weighted by molar-refractivity contribution is 0.0950. The number of carbonyl (C=O) groups excluding carboxylic acids is 1. The maximum Gasteiger partial charge on any atom is 0.255 e. The van der Waals surface area contributed by atoms with Crippen LogP contribution in [0.4, 0.5) is 0 Å². The molecule has 0 atom stereocenters. The highest BCUT2D eigenvalue weighted by Crippen LogP contribution is 2.20. The molecule has 4 nitrogen and oxygen atoms in total. The minimum Gasteiger partial charge on any atom is -0.507 e. The van der Waals surface area contributed by atoms with Crippen LogP contribution in [0.3, 0.4) is 0 Å². The van der Waals surface area contributed by atoms with Crippen molar-refractivity contribution in [3.8, 4) is 5.75 Å². The first-order valence-electron chi connectivity index (χ1n) is 5.37. The lowest BCUT2D eigenvalue weighted by atomic mass is 10.1. The Morgan fingerprint density at radius 1 is 1.53 bits per heavy atom. The zero-order valence-electron chi connectivity index (χ0n) is 9.69. The molecule has 0 aliphatic heterocycles. The zero-order chi connectivity index (χ0) is 12.8. The second kappa shape index (κ2) is 6.20. The highest BCUT2D eigenvalue weighted by atomic mass is 32.1. The van der Waals surface area contributed by atoms with E-state index in [4.69, 9.17) is 18.0 Å². The summed E-state index contributed by atoms with van der Waals surface area (Å²) >= 11 is 4.73. The number of amides is 1. The van der Waals surface area contributed by atoms with Crippen molar-refractivity contribution in [1.29, 1.82) is 0 Å². The van der Waals surface area contributed by atoms with E-state index in [9.17, 15) is 9.90 Å². The van der Waals surface area contributed by atoms with Gasteiger partial charge in [0.15, 0.2) is 0 Å². The fraction of sp³-hybridized carbons (Fsp3) is 0.333. The molecule has 0 saturated carbocycles. The SMILES string of the molecule is Cc1cccc(C(=O)NCCCC(N)=S)c1O. The van der Waals surface area contributed by atoms with E-state index >= 15 is 0 Å². The van der Waals surface area contributed by atoms with Gasteiger partial charge in [0.1, 0.15) is 5.75 Å². The molecule has 0 bridgehead atoms. The summed E-state index contributed by atoms with van der Waals surface area (Å²) in [6.07, 6.45) is 1.31. The third-order valence-electron chi connectivity index (χ3n) is 2.37. The summed E-state index contributed by atoms with van der Waals surface area (Å²) in [5.74, 6) is -0.256. The summed E-state index contributed by atoms with van der Waals surface area (Å²) in [6.45, 7) is 2.24. The molecule has 1 aromatic carbocycles. The Balaban J connectivity index is 2.53. The zero-order valence-corrected chi connectivity index (χ0v) is 10.5. The van der Waals surface area contributed by atoms with Crippen LogP contribution in [0.15, 0.2) is 18.2 Å². The molecule has 0 spiro atoms. The smallest absolute Gasteiger partial charge is 0.255 e. The quantitative estimate of drug-likeness (QED) is 0.548. The molecule has 92 valence electrons. The number of para-hydroxylation sites is 1. The summed E-state index contributed by atoms with van der Waals surface area (Å²) in [6, 6.07) is 5.07. The van der Waals surface area contributed by atoms with Crippen molar-refractivity contribution in [2.45, 2.75) is 19.8 Å². The Hall–Kier alpha value is -1.62. The highest BCUT2D eigenvalue weighted by molar-refractivity contribution is 7.80. The Morgan fingerprint density at radius 3 is 2.88 bits per heavy atom. The van der Waals surface area contributed by atoms with E-state index in [-0.39, 0.29) is 11.7 Å². The summed E-state index contributed by atoms with van der Waals surface area (Å²) < 4.78 is 0. The number of aromatic hydroxyl groups is 1. The fourth-order valence-electron chi connectivity index (χ4n) is 1.40. The van der Waals surface area contributed by atoms with Crippen LogP contribution in [0, 0.1) is 6.92 Å². The van der Waals surface area contributed by atoms with Gasteiger partial charge in [-0.05, 0) is 31.4 Å². The first-order chi connectivity index (χ1) is 8.02. The van der Waals surface area contributed by atoms with Gasteiger partial charge in [0, 0.05) is 6.54 Å². The molecule has 5 heteroatoms. The number of thiocarbonyl (C=S) groups is 1. The number of hydrogen-bond acceptors (Lipinski definition) is 3. The molecule has 0 saturated heterocycles.